The summed E-state index contributed by atoms with van der Waals surface area (Å²) in [5.41, 5.74) is 3.04. The number of benzene rings is 2. The Morgan fingerprint density at radius 2 is 2.00 bits per heavy atom. The molecule has 1 amide bonds. The highest BCUT2D eigenvalue weighted by atomic mass is 35.5. The second kappa shape index (κ2) is 14.1. The van der Waals surface area contributed by atoms with E-state index in [1.165, 1.54) is 12.1 Å². The maximum atomic E-state index is 13.1. The maximum absolute atomic E-state index is 13.1. The van der Waals surface area contributed by atoms with Gasteiger partial charge in [-0.05, 0) is 41.8 Å². The summed E-state index contributed by atoms with van der Waals surface area (Å²) in [4.78, 5) is 20.8. The van der Waals surface area contributed by atoms with Gasteiger partial charge in [0.05, 0.1) is 41.1 Å². The minimum Gasteiger partial charge on any atom is -0.483 e. The molecule has 2 aromatic heterocycles. The van der Waals surface area contributed by atoms with Crippen LogP contribution in [-0.4, -0.2) is 66.6 Å². The van der Waals surface area contributed by atoms with Gasteiger partial charge in [0.2, 0.25) is 5.91 Å². The van der Waals surface area contributed by atoms with E-state index in [0.29, 0.717) is 53.7 Å². The first-order valence-corrected chi connectivity index (χ1v) is 15.5. The van der Waals surface area contributed by atoms with Gasteiger partial charge in [-0.1, -0.05) is 48.0 Å². The van der Waals surface area contributed by atoms with Gasteiger partial charge >= 0.3 is 0 Å². The minimum absolute atomic E-state index is 0.0643. The standard InChI is InChI=1S/C26H28ClN5O5S2.CH2O2/c1-16(33)19-6-3-7-21-24(19)25(31-39(35,36)23-9-8-22(27)38-23)30-32(21)14-18-5-2-4-17(12-18)13-29-26(34)20-15-37-11-10-28-20;2-1-3/h2-9,12,16,20,28,33H,10-11,13-15H2,1H3,(H,29,34)(H,30,31);1H,(H,2,3)/t16?,20-;/m0./s1. The zero-order valence-electron chi connectivity index (χ0n) is 22.5. The summed E-state index contributed by atoms with van der Waals surface area (Å²) in [7, 11) is -3.95. The van der Waals surface area contributed by atoms with Crippen molar-refractivity contribution in [1.29, 1.82) is 0 Å². The predicted molar refractivity (Wildman–Crippen MR) is 159 cm³/mol. The van der Waals surface area contributed by atoms with Crippen molar-refractivity contribution in [2.24, 2.45) is 0 Å². The van der Waals surface area contributed by atoms with Gasteiger partial charge in [0, 0.05) is 13.1 Å². The van der Waals surface area contributed by atoms with Gasteiger partial charge in [-0.15, -0.1) is 11.3 Å². The summed E-state index contributed by atoms with van der Waals surface area (Å²) >= 11 is 6.91. The average Bonchev–Trinajstić information content (AvgIpc) is 3.56. The van der Waals surface area contributed by atoms with Crippen LogP contribution in [0.1, 0.15) is 29.7 Å². The van der Waals surface area contributed by atoms with Crippen LogP contribution in [0, 0.1) is 0 Å². The van der Waals surface area contributed by atoms with E-state index < -0.39 is 16.1 Å². The summed E-state index contributed by atoms with van der Waals surface area (Å²) < 4.78 is 36.2. The van der Waals surface area contributed by atoms with E-state index in [2.05, 4.69) is 20.5 Å². The molecular formula is C27H30ClN5O7S2. The Labute approximate surface area is 251 Å². The monoisotopic (exact) mass is 635 g/mol. The zero-order valence-corrected chi connectivity index (χ0v) is 24.9. The number of halogens is 1. The number of hydrogen-bond acceptors (Lipinski definition) is 9. The van der Waals surface area contributed by atoms with Crippen LogP contribution in [0.25, 0.3) is 10.9 Å². The van der Waals surface area contributed by atoms with Gasteiger partial charge < -0.3 is 25.6 Å². The number of nitrogens with one attached hydrogen (secondary N) is 3. The van der Waals surface area contributed by atoms with Gasteiger partial charge in [-0.2, -0.15) is 5.10 Å². The van der Waals surface area contributed by atoms with Crippen LogP contribution in [-0.2, 0) is 37.4 Å². The number of fused-ring (bicyclic) bond motifs is 1. The lowest BCUT2D eigenvalue weighted by Crippen LogP contribution is -2.51. The highest BCUT2D eigenvalue weighted by molar-refractivity contribution is 7.94. The number of carbonyl (C=O) groups is 2. The van der Waals surface area contributed by atoms with Gasteiger partial charge in [0.15, 0.2) is 5.82 Å². The molecule has 0 aliphatic carbocycles. The van der Waals surface area contributed by atoms with E-state index in [1.54, 1.807) is 23.7 Å². The number of hydrogen-bond donors (Lipinski definition) is 5. The minimum atomic E-state index is -3.95. The van der Waals surface area contributed by atoms with Gasteiger partial charge in [-0.25, -0.2) is 8.42 Å². The summed E-state index contributed by atoms with van der Waals surface area (Å²) in [6, 6.07) is 15.7. The highest BCUT2D eigenvalue weighted by Crippen LogP contribution is 2.34. The summed E-state index contributed by atoms with van der Waals surface area (Å²) in [6.45, 7) is 3.64. The second-order valence-electron chi connectivity index (χ2n) is 9.31. The quantitative estimate of drug-likeness (QED) is 0.173. The van der Waals surface area contributed by atoms with E-state index in [4.69, 9.17) is 26.2 Å². The summed E-state index contributed by atoms with van der Waals surface area (Å²) in [5, 5.41) is 28.5. The fourth-order valence-electron chi connectivity index (χ4n) is 4.47. The number of ether oxygens (including phenoxy) is 1. The molecule has 12 nitrogen and oxygen atoms in total. The number of morpholine rings is 1. The molecule has 0 saturated carbocycles. The van der Waals surface area contributed by atoms with E-state index in [0.717, 1.165) is 22.5 Å². The van der Waals surface area contributed by atoms with Crippen molar-refractivity contribution < 1.29 is 33.0 Å². The first kappa shape index (κ1) is 31.4. The molecule has 15 heteroatoms. The summed E-state index contributed by atoms with van der Waals surface area (Å²) in [5.74, 6) is 0.00409. The number of carboxylic acid groups (broad SMARTS) is 1. The Morgan fingerprint density at radius 1 is 1.26 bits per heavy atom. The largest absolute Gasteiger partial charge is 0.483 e. The molecule has 0 radical (unpaired) electrons. The number of anilines is 1. The SMILES string of the molecule is CC(O)c1cccc2c1c(NS(=O)(=O)c1ccc(Cl)s1)nn2Cc1cccc(CNC(=O)[C@@H]2COCCN2)c1.O=CO. The first-order valence-electron chi connectivity index (χ1n) is 12.8. The number of sulfonamides is 1. The first-order chi connectivity index (χ1) is 20.1. The topological polar surface area (TPSA) is 172 Å². The molecule has 224 valence electrons. The molecule has 1 unspecified atom stereocenters. The lowest BCUT2D eigenvalue weighted by molar-refractivity contribution is -0.126. The number of thiophene rings is 1. The average molecular weight is 636 g/mol. The molecule has 4 aromatic rings. The smallest absolute Gasteiger partial charge is 0.290 e. The molecule has 5 N–H and O–H groups in total. The van der Waals surface area contributed by atoms with Crippen LogP contribution in [0.2, 0.25) is 4.34 Å². The lowest BCUT2D eigenvalue weighted by Gasteiger charge is -2.22. The maximum Gasteiger partial charge on any atom is 0.290 e. The second-order valence-corrected chi connectivity index (χ2v) is 12.9. The Morgan fingerprint density at radius 3 is 2.67 bits per heavy atom. The van der Waals surface area contributed by atoms with Crippen LogP contribution >= 0.6 is 22.9 Å². The molecule has 2 atom stereocenters. The van der Waals surface area contributed by atoms with Crippen molar-refractivity contribution >= 4 is 62.1 Å². The number of aromatic nitrogens is 2. The van der Waals surface area contributed by atoms with E-state index in [1.807, 2.05) is 30.3 Å². The molecule has 1 fully saturated rings. The van der Waals surface area contributed by atoms with Crippen LogP contribution in [0.3, 0.4) is 0 Å². The van der Waals surface area contributed by atoms with Crippen LogP contribution in [0.5, 0.6) is 0 Å². The van der Waals surface area contributed by atoms with E-state index in [9.17, 15) is 18.3 Å². The molecule has 3 heterocycles. The van der Waals surface area contributed by atoms with Crippen molar-refractivity contribution in [2.45, 2.75) is 36.4 Å². The van der Waals surface area contributed by atoms with Crippen molar-refractivity contribution in [3.05, 3.63) is 75.6 Å². The molecule has 5 rings (SSSR count). The molecule has 42 heavy (non-hydrogen) atoms. The number of aliphatic hydroxyl groups excluding tert-OH is 1. The molecule has 1 aliphatic rings. The van der Waals surface area contributed by atoms with Gasteiger partial charge in [0.25, 0.3) is 16.5 Å². The van der Waals surface area contributed by atoms with Crippen LogP contribution in [0.4, 0.5) is 5.82 Å². The molecule has 2 aromatic carbocycles. The van der Waals surface area contributed by atoms with Crippen molar-refractivity contribution in [2.75, 3.05) is 24.5 Å². The number of rotatable bonds is 9. The number of nitrogens with zero attached hydrogens (tertiary/aromatic N) is 2. The van der Waals surface area contributed by atoms with Gasteiger partial charge in [-0.3, -0.25) is 19.0 Å². The van der Waals surface area contributed by atoms with Crippen LogP contribution < -0.4 is 15.4 Å². The van der Waals surface area contributed by atoms with Crippen molar-refractivity contribution in [3.63, 3.8) is 0 Å². The third-order valence-corrected chi connectivity index (χ3v) is 9.40. The Kier molecular flexibility index (Phi) is 10.5. The number of amides is 1. The lowest BCUT2D eigenvalue weighted by atomic mass is 10.1. The van der Waals surface area contributed by atoms with Crippen LogP contribution in [0.15, 0.2) is 58.8 Å². The number of carbonyl (C=O) groups excluding carboxylic acids is 1. The van der Waals surface area contributed by atoms with Crippen molar-refractivity contribution in [3.8, 4) is 0 Å². The third kappa shape index (κ3) is 7.65. The van der Waals surface area contributed by atoms with E-state index in [-0.39, 0.29) is 28.4 Å². The van der Waals surface area contributed by atoms with E-state index >= 15 is 0 Å². The number of aliphatic hydroxyl groups is 1. The molecule has 1 aliphatic heterocycles. The van der Waals surface area contributed by atoms with Crippen molar-refractivity contribution in [1.82, 2.24) is 20.4 Å². The summed E-state index contributed by atoms with van der Waals surface area (Å²) in [6.07, 6.45) is -0.846. The highest BCUT2D eigenvalue weighted by Gasteiger charge is 2.24. The fourth-order valence-corrected chi connectivity index (χ4v) is 6.96. The van der Waals surface area contributed by atoms with Gasteiger partial charge in [0.1, 0.15) is 10.3 Å². The Hall–Kier alpha value is -3.53. The molecule has 0 bridgehead atoms. The normalized spacial score (nSPS) is 15.8. The molecule has 0 spiro atoms. The predicted octanol–water partition coefficient (Wildman–Crippen LogP) is 2.96. The molecular weight excluding hydrogens is 606 g/mol. The Balaban J connectivity index is 0.00000129. The molecule has 1 saturated heterocycles. The third-order valence-electron chi connectivity index (χ3n) is 6.33. The Bertz CT molecular complexity index is 1650. The fraction of sp³-hybridized carbons (Fsp3) is 0.296. The zero-order chi connectivity index (χ0) is 30.3.